The van der Waals surface area contributed by atoms with Crippen molar-refractivity contribution >= 4 is 23.6 Å². The number of aldehydes is 1. The molecule has 2 rings (SSSR count). The van der Waals surface area contributed by atoms with E-state index in [0.29, 0.717) is 6.29 Å². The molecule has 1 aliphatic rings. The van der Waals surface area contributed by atoms with Crippen LogP contribution in [-0.2, 0) is 4.79 Å². The molecule has 0 saturated carbocycles. The van der Waals surface area contributed by atoms with Crippen molar-refractivity contribution < 1.29 is 19.2 Å². The predicted molar refractivity (Wildman–Crippen MR) is 52.6 cm³/mol. The molecule has 0 bridgehead atoms. The van der Waals surface area contributed by atoms with Gasteiger partial charge >= 0.3 is 5.69 Å². The maximum Gasteiger partial charge on any atom is 0.313 e. The lowest BCUT2D eigenvalue weighted by atomic mass is 10.1. The highest BCUT2D eigenvalue weighted by Crippen LogP contribution is 2.37. The molecule has 1 aromatic rings. The summed E-state index contributed by atoms with van der Waals surface area (Å²) in [6.07, 6.45) is 0.466. The normalized spacial score (nSPS) is 13.4. The van der Waals surface area contributed by atoms with Crippen LogP contribution in [0.1, 0.15) is 10.4 Å². The molecule has 0 fully saturated rings. The highest BCUT2D eigenvalue weighted by molar-refractivity contribution is 5.98. The Kier molecular flexibility index (Phi) is 2.28. The zero-order valence-corrected chi connectivity index (χ0v) is 7.93. The van der Waals surface area contributed by atoms with E-state index in [-0.39, 0.29) is 29.3 Å². The molecule has 0 aliphatic carbocycles. The zero-order chi connectivity index (χ0) is 11.7. The van der Waals surface area contributed by atoms with Crippen LogP contribution in [0.25, 0.3) is 0 Å². The molecule has 0 saturated heterocycles. The van der Waals surface area contributed by atoms with Crippen LogP contribution in [0.15, 0.2) is 12.1 Å². The first kappa shape index (κ1) is 10.1. The minimum atomic E-state index is -0.663. The second-order valence-corrected chi connectivity index (χ2v) is 3.13. The van der Waals surface area contributed by atoms with Crippen LogP contribution in [0.4, 0.5) is 11.4 Å². The molecule has 16 heavy (non-hydrogen) atoms. The van der Waals surface area contributed by atoms with Crippen LogP contribution in [0.2, 0.25) is 0 Å². The summed E-state index contributed by atoms with van der Waals surface area (Å²) in [6.45, 7) is -0.270. The zero-order valence-electron chi connectivity index (χ0n) is 7.93. The fraction of sp³-hybridized carbons (Fsp3) is 0.111. The second kappa shape index (κ2) is 3.61. The minimum Gasteiger partial charge on any atom is -0.475 e. The van der Waals surface area contributed by atoms with E-state index in [0.717, 1.165) is 6.07 Å². The van der Waals surface area contributed by atoms with E-state index in [1.807, 2.05) is 0 Å². The quantitative estimate of drug-likeness (QED) is 0.452. The van der Waals surface area contributed by atoms with Crippen molar-refractivity contribution in [3.05, 3.63) is 27.8 Å². The van der Waals surface area contributed by atoms with E-state index in [2.05, 4.69) is 5.32 Å². The van der Waals surface area contributed by atoms with Crippen molar-refractivity contribution in [2.75, 3.05) is 11.9 Å². The summed E-state index contributed by atoms with van der Waals surface area (Å²) >= 11 is 0. The summed E-state index contributed by atoms with van der Waals surface area (Å²) in [5.41, 5.74) is -0.0802. The van der Waals surface area contributed by atoms with Gasteiger partial charge in [0.2, 0.25) is 5.75 Å². The number of nitro groups is 1. The maximum atomic E-state index is 11.0. The Bertz CT molecular complexity index is 497. The van der Waals surface area contributed by atoms with Crippen LogP contribution >= 0.6 is 0 Å². The largest absolute Gasteiger partial charge is 0.475 e. The van der Waals surface area contributed by atoms with Gasteiger partial charge in [-0.15, -0.1) is 0 Å². The average Bonchev–Trinajstić information content (AvgIpc) is 2.26. The highest BCUT2D eigenvalue weighted by Gasteiger charge is 2.26. The van der Waals surface area contributed by atoms with Crippen molar-refractivity contribution in [1.82, 2.24) is 0 Å². The lowest BCUT2D eigenvalue weighted by molar-refractivity contribution is -0.385. The Morgan fingerprint density at radius 2 is 2.25 bits per heavy atom. The Hall–Kier alpha value is -2.44. The third-order valence-electron chi connectivity index (χ3n) is 2.05. The molecule has 0 radical (unpaired) electrons. The molecule has 0 atom stereocenters. The summed E-state index contributed by atoms with van der Waals surface area (Å²) in [5.74, 6) is -0.431. The number of rotatable bonds is 2. The molecule has 1 amide bonds. The molecule has 1 heterocycles. The third kappa shape index (κ3) is 1.58. The highest BCUT2D eigenvalue weighted by atomic mass is 16.6. The summed E-state index contributed by atoms with van der Waals surface area (Å²) in [6, 6.07) is 2.43. The number of nitro benzene ring substituents is 1. The standard InChI is InChI=1S/C9H6N2O5/c12-3-5-1-6-9(7(2-5)11(14)15)16-4-8(13)10-6/h1-3H,4H2,(H,10,13). The van der Waals surface area contributed by atoms with Gasteiger partial charge in [0.25, 0.3) is 5.91 Å². The number of nitrogens with one attached hydrogen (secondary N) is 1. The number of fused-ring (bicyclic) bond motifs is 1. The molecular formula is C9H6N2O5. The fourth-order valence-corrected chi connectivity index (χ4v) is 1.41. The van der Waals surface area contributed by atoms with E-state index in [1.165, 1.54) is 6.07 Å². The van der Waals surface area contributed by atoms with Crippen LogP contribution in [-0.4, -0.2) is 23.7 Å². The Morgan fingerprint density at radius 1 is 1.50 bits per heavy atom. The average molecular weight is 222 g/mol. The Labute approximate surface area is 89.2 Å². The van der Waals surface area contributed by atoms with Crippen LogP contribution in [0, 0.1) is 10.1 Å². The number of hydrogen-bond donors (Lipinski definition) is 1. The number of amides is 1. The fourth-order valence-electron chi connectivity index (χ4n) is 1.41. The van der Waals surface area contributed by atoms with Crippen molar-refractivity contribution in [2.45, 2.75) is 0 Å². The van der Waals surface area contributed by atoms with Gasteiger partial charge in [-0.2, -0.15) is 0 Å². The second-order valence-electron chi connectivity index (χ2n) is 3.13. The molecule has 0 unspecified atom stereocenters. The van der Waals surface area contributed by atoms with Gasteiger partial charge < -0.3 is 10.1 Å². The van der Waals surface area contributed by atoms with Crippen molar-refractivity contribution in [1.29, 1.82) is 0 Å². The van der Waals surface area contributed by atoms with E-state index in [4.69, 9.17) is 4.74 Å². The van der Waals surface area contributed by atoms with Gasteiger partial charge in [0, 0.05) is 11.6 Å². The number of hydrogen-bond acceptors (Lipinski definition) is 5. The van der Waals surface area contributed by atoms with Crippen LogP contribution in [0.5, 0.6) is 5.75 Å². The van der Waals surface area contributed by atoms with Gasteiger partial charge in [0.05, 0.1) is 10.6 Å². The SMILES string of the molecule is O=Cc1cc2c(c([N+](=O)[O-])c1)OCC(=O)N2. The summed E-state index contributed by atoms with van der Waals surface area (Å²) in [7, 11) is 0. The smallest absolute Gasteiger partial charge is 0.313 e. The lowest BCUT2D eigenvalue weighted by Crippen LogP contribution is -2.26. The Morgan fingerprint density at radius 3 is 2.88 bits per heavy atom. The molecule has 7 heteroatoms. The predicted octanol–water partition coefficient (Wildman–Crippen LogP) is 0.738. The number of ether oxygens (including phenoxy) is 1. The molecule has 7 nitrogen and oxygen atoms in total. The maximum absolute atomic E-state index is 11.0. The van der Waals surface area contributed by atoms with E-state index >= 15 is 0 Å². The van der Waals surface area contributed by atoms with E-state index < -0.39 is 10.8 Å². The molecule has 82 valence electrons. The molecule has 1 N–H and O–H groups in total. The van der Waals surface area contributed by atoms with Crippen molar-refractivity contribution in [3.8, 4) is 5.75 Å². The number of anilines is 1. The summed E-state index contributed by atoms with van der Waals surface area (Å²) in [4.78, 5) is 31.6. The van der Waals surface area contributed by atoms with E-state index in [9.17, 15) is 19.7 Å². The molecule has 1 aliphatic heterocycles. The minimum absolute atomic E-state index is 0.0183. The number of carbonyl (C=O) groups excluding carboxylic acids is 2. The number of nitrogens with zero attached hydrogens (tertiary/aromatic N) is 1. The first-order chi connectivity index (χ1) is 7.61. The topological polar surface area (TPSA) is 98.5 Å². The van der Waals surface area contributed by atoms with Crippen LogP contribution in [0.3, 0.4) is 0 Å². The van der Waals surface area contributed by atoms with Gasteiger partial charge in [-0.1, -0.05) is 0 Å². The summed E-state index contributed by atoms with van der Waals surface area (Å²) in [5, 5.41) is 13.1. The van der Waals surface area contributed by atoms with Crippen LogP contribution < -0.4 is 10.1 Å². The number of carbonyl (C=O) groups is 2. The van der Waals surface area contributed by atoms with Gasteiger partial charge in [-0.25, -0.2) is 0 Å². The lowest BCUT2D eigenvalue weighted by Gasteiger charge is -2.17. The summed E-state index contributed by atoms with van der Waals surface area (Å²) < 4.78 is 4.96. The molecule has 1 aromatic carbocycles. The third-order valence-corrected chi connectivity index (χ3v) is 2.05. The van der Waals surface area contributed by atoms with E-state index in [1.54, 1.807) is 0 Å². The van der Waals surface area contributed by atoms with Gasteiger partial charge in [0.1, 0.15) is 6.29 Å². The first-order valence-corrected chi connectivity index (χ1v) is 4.32. The van der Waals surface area contributed by atoms with Gasteiger partial charge in [0.15, 0.2) is 6.61 Å². The first-order valence-electron chi connectivity index (χ1n) is 4.32. The molecule has 0 spiro atoms. The number of benzene rings is 1. The van der Waals surface area contributed by atoms with Gasteiger partial charge in [-0.05, 0) is 6.07 Å². The Balaban J connectivity index is 2.61. The molecule has 0 aromatic heterocycles. The monoisotopic (exact) mass is 222 g/mol. The van der Waals surface area contributed by atoms with Gasteiger partial charge in [-0.3, -0.25) is 19.7 Å². The molecular weight excluding hydrogens is 216 g/mol. The van der Waals surface area contributed by atoms with Crippen molar-refractivity contribution in [3.63, 3.8) is 0 Å². The van der Waals surface area contributed by atoms with Crippen molar-refractivity contribution in [2.24, 2.45) is 0 Å².